The van der Waals surface area contributed by atoms with Crippen LogP contribution in [0.15, 0.2) is 54.9 Å². The fourth-order valence-corrected chi connectivity index (χ4v) is 4.09. The SMILES string of the molecule is CNC(=O)c1cc(C(=O)NCCc2cnn(C)c2)cc2c1O[C@H](C)[C@H]2c1ccccc1. The molecule has 1 aromatic heterocycles. The molecule has 1 aliphatic rings. The fourth-order valence-electron chi connectivity index (χ4n) is 4.09. The molecule has 0 bridgehead atoms. The van der Waals surface area contributed by atoms with Gasteiger partial charge < -0.3 is 15.4 Å². The molecule has 0 spiro atoms. The molecule has 0 fully saturated rings. The summed E-state index contributed by atoms with van der Waals surface area (Å²) in [6.07, 6.45) is 4.24. The largest absolute Gasteiger partial charge is 0.489 e. The summed E-state index contributed by atoms with van der Waals surface area (Å²) in [6.45, 7) is 2.46. The summed E-state index contributed by atoms with van der Waals surface area (Å²) in [5, 5.41) is 9.75. The van der Waals surface area contributed by atoms with Gasteiger partial charge in [0.25, 0.3) is 11.8 Å². The molecule has 7 heteroatoms. The summed E-state index contributed by atoms with van der Waals surface area (Å²) in [5.74, 6) is 0.000687. The van der Waals surface area contributed by atoms with Crippen LogP contribution in [0.25, 0.3) is 0 Å². The van der Waals surface area contributed by atoms with Crippen molar-refractivity contribution in [1.82, 2.24) is 20.4 Å². The lowest BCUT2D eigenvalue weighted by Gasteiger charge is -2.15. The van der Waals surface area contributed by atoms with Crippen LogP contribution < -0.4 is 15.4 Å². The number of aromatic nitrogens is 2. The summed E-state index contributed by atoms with van der Waals surface area (Å²) in [4.78, 5) is 25.5. The molecule has 4 rings (SSSR count). The first-order valence-electron chi connectivity index (χ1n) is 10.3. The van der Waals surface area contributed by atoms with Crippen molar-refractivity contribution in [3.63, 3.8) is 0 Å². The fraction of sp³-hybridized carbons (Fsp3) is 0.292. The van der Waals surface area contributed by atoms with Gasteiger partial charge >= 0.3 is 0 Å². The van der Waals surface area contributed by atoms with E-state index in [2.05, 4.69) is 15.7 Å². The van der Waals surface area contributed by atoms with Crippen molar-refractivity contribution in [1.29, 1.82) is 0 Å². The van der Waals surface area contributed by atoms with Gasteiger partial charge in [-0.2, -0.15) is 5.10 Å². The van der Waals surface area contributed by atoms with Gasteiger partial charge in [-0.15, -0.1) is 0 Å². The predicted molar refractivity (Wildman–Crippen MR) is 117 cm³/mol. The Labute approximate surface area is 181 Å². The van der Waals surface area contributed by atoms with Gasteiger partial charge in [-0.3, -0.25) is 14.3 Å². The predicted octanol–water partition coefficient (Wildman–Crippen LogP) is 2.67. The van der Waals surface area contributed by atoms with E-state index in [0.717, 1.165) is 16.7 Å². The van der Waals surface area contributed by atoms with Gasteiger partial charge in [-0.05, 0) is 36.6 Å². The van der Waals surface area contributed by atoms with Crippen LogP contribution in [0, 0.1) is 0 Å². The highest BCUT2D eigenvalue weighted by molar-refractivity contribution is 6.02. The Morgan fingerprint density at radius 3 is 2.61 bits per heavy atom. The van der Waals surface area contributed by atoms with E-state index >= 15 is 0 Å². The van der Waals surface area contributed by atoms with Crippen molar-refractivity contribution in [3.05, 3.63) is 82.7 Å². The van der Waals surface area contributed by atoms with Crippen LogP contribution in [0.1, 0.15) is 50.2 Å². The molecule has 1 aliphatic heterocycles. The number of carbonyl (C=O) groups excluding carboxylic acids is 2. The first-order chi connectivity index (χ1) is 15.0. The maximum Gasteiger partial charge on any atom is 0.254 e. The van der Waals surface area contributed by atoms with E-state index in [4.69, 9.17) is 4.74 Å². The molecule has 31 heavy (non-hydrogen) atoms. The number of hydrogen-bond acceptors (Lipinski definition) is 4. The zero-order valence-electron chi connectivity index (χ0n) is 17.9. The molecule has 3 aromatic rings. The Kier molecular flexibility index (Phi) is 5.75. The second-order valence-corrected chi connectivity index (χ2v) is 7.76. The Morgan fingerprint density at radius 2 is 1.94 bits per heavy atom. The van der Waals surface area contributed by atoms with Gasteiger partial charge in [0.05, 0.1) is 11.8 Å². The Balaban J connectivity index is 1.63. The van der Waals surface area contributed by atoms with Crippen LogP contribution in [0.3, 0.4) is 0 Å². The molecule has 2 N–H and O–H groups in total. The second-order valence-electron chi connectivity index (χ2n) is 7.76. The lowest BCUT2D eigenvalue weighted by molar-refractivity contribution is 0.0954. The van der Waals surface area contributed by atoms with Crippen LogP contribution in [0.5, 0.6) is 5.75 Å². The van der Waals surface area contributed by atoms with Crippen molar-refractivity contribution in [2.24, 2.45) is 7.05 Å². The zero-order valence-corrected chi connectivity index (χ0v) is 17.9. The highest BCUT2D eigenvalue weighted by atomic mass is 16.5. The maximum absolute atomic E-state index is 12.9. The molecular formula is C24H26N4O3. The first-order valence-corrected chi connectivity index (χ1v) is 10.3. The zero-order chi connectivity index (χ0) is 22.0. The number of nitrogens with zero attached hydrogens (tertiary/aromatic N) is 2. The standard InChI is InChI=1S/C24H26N4O3/c1-15-21(17-7-5-4-6-8-17)19-11-18(12-20(22(19)31-15)24(30)25-2)23(29)26-10-9-16-13-27-28(3)14-16/h4-8,11-15,21H,9-10H2,1-3H3,(H,25,30)(H,26,29)/t15-,21+/m1/s1. The van der Waals surface area contributed by atoms with Crippen molar-refractivity contribution in [3.8, 4) is 5.75 Å². The van der Waals surface area contributed by atoms with E-state index in [0.29, 0.717) is 29.8 Å². The van der Waals surface area contributed by atoms with Crippen molar-refractivity contribution in [2.45, 2.75) is 25.4 Å². The number of ether oxygens (including phenoxy) is 1. The molecule has 2 aromatic carbocycles. The molecule has 0 saturated heterocycles. The van der Waals surface area contributed by atoms with E-state index in [1.807, 2.05) is 56.6 Å². The summed E-state index contributed by atoms with van der Waals surface area (Å²) in [7, 11) is 3.43. The number of aryl methyl sites for hydroxylation is 1. The van der Waals surface area contributed by atoms with Gasteiger partial charge in [-0.25, -0.2) is 0 Å². The number of benzene rings is 2. The number of amides is 2. The van der Waals surface area contributed by atoms with Crippen molar-refractivity contribution >= 4 is 11.8 Å². The number of carbonyl (C=O) groups is 2. The number of hydrogen-bond donors (Lipinski definition) is 2. The van der Waals surface area contributed by atoms with Gasteiger partial charge in [-0.1, -0.05) is 30.3 Å². The quantitative estimate of drug-likeness (QED) is 0.645. The second kappa shape index (κ2) is 8.63. The lowest BCUT2D eigenvalue weighted by Crippen LogP contribution is -2.26. The molecule has 160 valence electrons. The Hall–Kier alpha value is -3.61. The smallest absolute Gasteiger partial charge is 0.254 e. The molecular weight excluding hydrogens is 392 g/mol. The van der Waals surface area contributed by atoms with Gasteiger partial charge in [0.1, 0.15) is 11.9 Å². The van der Waals surface area contributed by atoms with E-state index in [9.17, 15) is 9.59 Å². The third-order valence-corrected chi connectivity index (χ3v) is 5.58. The average Bonchev–Trinajstić information content (AvgIpc) is 3.34. The minimum absolute atomic E-state index is 0.0530. The average molecular weight is 418 g/mol. The first kappa shape index (κ1) is 20.7. The Morgan fingerprint density at radius 1 is 1.16 bits per heavy atom. The van der Waals surface area contributed by atoms with Crippen LogP contribution in [-0.2, 0) is 13.5 Å². The van der Waals surface area contributed by atoms with Crippen LogP contribution >= 0.6 is 0 Å². The van der Waals surface area contributed by atoms with E-state index in [1.165, 1.54) is 0 Å². The Bertz CT molecular complexity index is 1110. The number of nitrogens with one attached hydrogen (secondary N) is 2. The minimum atomic E-state index is -0.276. The van der Waals surface area contributed by atoms with Crippen molar-refractivity contribution in [2.75, 3.05) is 13.6 Å². The topological polar surface area (TPSA) is 85.3 Å². The van der Waals surface area contributed by atoms with Crippen LogP contribution in [0.2, 0.25) is 0 Å². The van der Waals surface area contributed by atoms with Crippen molar-refractivity contribution < 1.29 is 14.3 Å². The van der Waals surface area contributed by atoms with Gasteiger partial charge in [0, 0.05) is 43.9 Å². The maximum atomic E-state index is 12.9. The van der Waals surface area contributed by atoms with Crippen LogP contribution in [0.4, 0.5) is 0 Å². The third-order valence-electron chi connectivity index (χ3n) is 5.58. The summed E-state index contributed by atoms with van der Waals surface area (Å²) in [5.41, 5.74) is 3.82. The third kappa shape index (κ3) is 4.17. The molecule has 0 aliphatic carbocycles. The van der Waals surface area contributed by atoms with Crippen LogP contribution in [-0.4, -0.2) is 41.3 Å². The molecule has 2 heterocycles. The summed E-state index contributed by atoms with van der Waals surface area (Å²) < 4.78 is 7.84. The number of rotatable bonds is 6. The number of fused-ring (bicyclic) bond motifs is 1. The minimum Gasteiger partial charge on any atom is -0.489 e. The highest BCUT2D eigenvalue weighted by Crippen LogP contribution is 2.44. The molecule has 0 radical (unpaired) electrons. The molecule has 2 amide bonds. The van der Waals surface area contributed by atoms with E-state index in [-0.39, 0.29) is 23.8 Å². The monoisotopic (exact) mass is 418 g/mol. The lowest BCUT2D eigenvalue weighted by atomic mass is 9.87. The summed E-state index contributed by atoms with van der Waals surface area (Å²) >= 11 is 0. The van der Waals surface area contributed by atoms with Gasteiger partial charge in [0.2, 0.25) is 0 Å². The summed E-state index contributed by atoms with van der Waals surface area (Å²) in [6, 6.07) is 13.5. The molecule has 0 saturated carbocycles. The van der Waals surface area contributed by atoms with E-state index in [1.54, 1.807) is 24.0 Å². The molecule has 2 atom stereocenters. The van der Waals surface area contributed by atoms with Gasteiger partial charge in [0.15, 0.2) is 0 Å². The highest BCUT2D eigenvalue weighted by Gasteiger charge is 2.36. The normalized spacial score (nSPS) is 17.0. The van der Waals surface area contributed by atoms with E-state index < -0.39 is 0 Å². The molecule has 0 unspecified atom stereocenters. The molecule has 7 nitrogen and oxygen atoms in total.